The summed E-state index contributed by atoms with van der Waals surface area (Å²) in [6.45, 7) is 5.41. The van der Waals surface area contributed by atoms with E-state index in [1.165, 1.54) is 11.0 Å². The van der Waals surface area contributed by atoms with Gasteiger partial charge < -0.3 is 34.6 Å². The molecule has 16 heteroatoms. The van der Waals surface area contributed by atoms with Gasteiger partial charge in [0.05, 0.1) is 30.5 Å². The average molecular weight is 821 g/mol. The van der Waals surface area contributed by atoms with Crippen LogP contribution in [0.4, 0.5) is 4.79 Å². The van der Waals surface area contributed by atoms with Gasteiger partial charge in [0.1, 0.15) is 29.5 Å². The minimum atomic E-state index is -3.90. The Morgan fingerprint density at radius 3 is 2.55 bits per heavy atom. The van der Waals surface area contributed by atoms with Gasteiger partial charge in [-0.1, -0.05) is 31.8 Å². The lowest BCUT2D eigenvalue weighted by molar-refractivity contribution is -0.142. The van der Waals surface area contributed by atoms with E-state index in [1.54, 1.807) is 12.0 Å². The van der Waals surface area contributed by atoms with Crippen LogP contribution >= 0.6 is 0 Å². The summed E-state index contributed by atoms with van der Waals surface area (Å²) in [6, 6.07) is 5.44. The molecular formula is C42H56N6O9S. The van der Waals surface area contributed by atoms with Crippen LogP contribution in [0.15, 0.2) is 36.9 Å². The number of ether oxygens (including phenoxy) is 3. The molecule has 3 N–H and O–H groups in total. The number of aromatic nitrogens is 1. The lowest BCUT2D eigenvalue weighted by Crippen LogP contribution is -2.60. The van der Waals surface area contributed by atoms with Crippen molar-refractivity contribution < 1.29 is 41.8 Å². The third-order valence-electron chi connectivity index (χ3n) is 13.0. The fourth-order valence-corrected chi connectivity index (χ4v) is 10.6. The molecule has 3 saturated carbocycles. The molecule has 3 aliphatic carbocycles. The van der Waals surface area contributed by atoms with Crippen LogP contribution < -0.4 is 24.8 Å². The monoisotopic (exact) mass is 820 g/mol. The van der Waals surface area contributed by atoms with Gasteiger partial charge in [-0.25, -0.2) is 18.2 Å². The number of amides is 5. The number of pyridine rings is 1. The number of hydrogen-bond donors (Lipinski definition) is 3. The molecule has 3 aliphatic heterocycles. The van der Waals surface area contributed by atoms with Crippen molar-refractivity contribution >= 4 is 44.7 Å². The maximum absolute atomic E-state index is 15.0. The van der Waals surface area contributed by atoms with E-state index in [0.29, 0.717) is 62.5 Å². The summed E-state index contributed by atoms with van der Waals surface area (Å²) in [5.41, 5.74) is 0.0469. The zero-order valence-corrected chi connectivity index (χ0v) is 34.1. The highest BCUT2D eigenvalue weighted by molar-refractivity contribution is 7.91. The van der Waals surface area contributed by atoms with Crippen molar-refractivity contribution in [3.63, 3.8) is 0 Å². The number of nitrogens with zero attached hydrogens (tertiary/aromatic N) is 3. The molecule has 1 aromatic carbocycles. The maximum Gasteiger partial charge on any atom is 0.318 e. The van der Waals surface area contributed by atoms with E-state index in [1.807, 2.05) is 18.2 Å². The standard InChI is InChI=1S/C42H56N6O9S/c1-3-29-23-42(29,40(51)46-58(53,54)33-15-16-33)45-37(49)35-22-32-25-48(35)39(50)36(26-10-6-4-7-11-26)44-41(52)47-18-17-31(24-47)56-19-9-5-8-12-28-20-27-13-14-30(55-2)21-34(27)43-38(28)57-32/h3,13-14,20-21,26,29,31-33,35-36H,1,4-12,15-19,22-25H2,2H3,(H,44,52)(H,45,49)(H,46,51)/t29-,31+,32-,35+,36+,42-/m1/s1. The normalized spacial score (nSPS) is 29.9. The molecule has 15 nitrogen and oxygen atoms in total. The van der Waals surface area contributed by atoms with Crippen LogP contribution in [-0.4, -0.2) is 115 Å². The van der Waals surface area contributed by atoms with Gasteiger partial charge in [-0.3, -0.25) is 19.1 Å². The molecule has 6 aliphatic rings. The molecular weight excluding hydrogens is 765 g/mol. The van der Waals surface area contributed by atoms with Crippen molar-refractivity contribution in [1.82, 2.24) is 30.1 Å². The molecule has 0 radical (unpaired) electrons. The van der Waals surface area contributed by atoms with E-state index >= 15 is 4.79 Å². The fraction of sp³-hybridized carbons (Fsp3) is 0.643. The van der Waals surface area contributed by atoms with Crippen LogP contribution in [0, 0.1) is 11.8 Å². The smallest absolute Gasteiger partial charge is 0.318 e. The van der Waals surface area contributed by atoms with Crippen LogP contribution in [0.2, 0.25) is 0 Å². The van der Waals surface area contributed by atoms with Crippen molar-refractivity contribution in [2.45, 2.75) is 125 Å². The Morgan fingerprint density at radius 2 is 1.81 bits per heavy atom. The Kier molecular flexibility index (Phi) is 11.6. The number of hydrogen-bond acceptors (Lipinski definition) is 10. The second kappa shape index (κ2) is 16.7. The van der Waals surface area contributed by atoms with Crippen LogP contribution in [-0.2, 0) is 35.6 Å². The number of benzene rings is 1. The Morgan fingerprint density at radius 1 is 1.02 bits per heavy atom. The molecule has 5 amide bonds. The average Bonchev–Trinajstić information content (AvgIpc) is 4.11. The number of rotatable bonds is 8. The molecule has 0 spiro atoms. The van der Waals surface area contributed by atoms with E-state index in [0.717, 1.165) is 62.3 Å². The Labute approximate surface area is 340 Å². The van der Waals surface area contributed by atoms with Crippen LogP contribution in [0.5, 0.6) is 11.6 Å². The molecule has 4 heterocycles. The molecule has 5 fully saturated rings. The number of carbonyl (C=O) groups is 4. The predicted molar refractivity (Wildman–Crippen MR) is 214 cm³/mol. The van der Waals surface area contributed by atoms with E-state index in [9.17, 15) is 22.8 Å². The van der Waals surface area contributed by atoms with E-state index in [-0.39, 0.29) is 37.4 Å². The van der Waals surface area contributed by atoms with Gasteiger partial charge >= 0.3 is 6.03 Å². The van der Waals surface area contributed by atoms with E-state index in [2.05, 4.69) is 28.0 Å². The first-order valence-electron chi connectivity index (χ1n) is 21.1. The number of nitrogens with one attached hydrogen (secondary N) is 3. The van der Waals surface area contributed by atoms with E-state index < -0.39 is 62.6 Å². The highest BCUT2D eigenvalue weighted by Gasteiger charge is 2.62. The molecule has 2 aromatic rings. The summed E-state index contributed by atoms with van der Waals surface area (Å²) in [4.78, 5) is 65.3. The summed E-state index contributed by atoms with van der Waals surface area (Å²) < 4.78 is 46.3. The molecule has 8 rings (SSSR count). The second-order valence-electron chi connectivity index (χ2n) is 17.0. The first kappa shape index (κ1) is 40.3. The minimum absolute atomic E-state index is 0.0348. The van der Waals surface area contributed by atoms with Crippen molar-refractivity contribution in [3.8, 4) is 11.6 Å². The highest BCUT2D eigenvalue weighted by Crippen LogP contribution is 2.46. The van der Waals surface area contributed by atoms with Crippen LogP contribution in [0.25, 0.3) is 10.9 Å². The van der Waals surface area contributed by atoms with Crippen molar-refractivity contribution in [2.24, 2.45) is 11.8 Å². The van der Waals surface area contributed by atoms with Gasteiger partial charge in [0.25, 0.3) is 5.91 Å². The van der Waals surface area contributed by atoms with Crippen LogP contribution in [0.3, 0.4) is 0 Å². The Hall–Kier alpha value is -4.44. The molecule has 2 saturated heterocycles. The molecule has 6 atom stereocenters. The fourth-order valence-electron chi connectivity index (χ4n) is 9.28. The third-order valence-corrected chi connectivity index (χ3v) is 14.8. The maximum atomic E-state index is 15.0. The van der Waals surface area contributed by atoms with Crippen molar-refractivity contribution in [1.29, 1.82) is 0 Å². The van der Waals surface area contributed by atoms with Gasteiger partial charge in [-0.15, -0.1) is 6.58 Å². The number of urea groups is 1. The number of sulfonamides is 1. The summed E-state index contributed by atoms with van der Waals surface area (Å²) in [5, 5.41) is 6.28. The zero-order chi connectivity index (χ0) is 40.6. The quantitative estimate of drug-likeness (QED) is 0.332. The van der Waals surface area contributed by atoms with Gasteiger partial charge in [0.2, 0.25) is 27.7 Å². The number of aryl methyl sites for hydroxylation is 1. The molecule has 58 heavy (non-hydrogen) atoms. The lowest BCUT2D eigenvalue weighted by Gasteiger charge is -2.35. The van der Waals surface area contributed by atoms with Gasteiger partial charge in [0, 0.05) is 49.1 Å². The summed E-state index contributed by atoms with van der Waals surface area (Å²) in [5.74, 6) is -1.39. The van der Waals surface area contributed by atoms with Gasteiger partial charge in [0.15, 0.2) is 0 Å². The lowest BCUT2D eigenvalue weighted by atomic mass is 9.83. The molecule has 314 valence electrons. The largest absolute Gasteiger partial charge is 0.497 e. The summed E-state index contributed by atoms with van der Waals surface area (Å²) in [6.07, 6.45) is 10.4. The highest BCUT2D eigenvalue weighted by atomic mass is 32.2. The first-order valence-corrected chi connectivity index (χ1v) is 22.6. The predicted octanol–water partition coefficient (Wildman–Crippen LogP) is 3.74. The Bertz CT molecular complexity index is 2040. The Balaban J connectivity index is 1.13. The number of carbonyl (C=O) groups excluding carboxylic acids is 4. The van der Waals surface area contributed by atoms with Crippen molar-refractivity contribution in [3.05, 3.63) is 42.5 Å². The third kappa shape index (κ3) is 8.50. The molecule has 4 bridgehead atoms. The number of fused-ring (bicyclic) bond motifs is 6. The van der Waals surface area contributed by atoms with E-state index in [4.69, 9.17) is 19.2 Å². The zero-order valence-electron chi connectivity index (χ0n) is 33.3. The topological polar surface area (TPSA) is 186 Å². The summed E-state index contributed by atoms with van der Waals surface area (Å²) >= 11 is 0. The van der Waals surface area contributed by atoms with Crippen LogP contribution in [0.1, 0.15) is 89.0 Å². The van der Waals surface area contributed by atoms with Gasteiger partial charge in [-0.05, 0) is 81.9 Å². The number of methoxy groups -OCH3 is 1. The SMILES string of the molecule is C=C[C@@H]1C[C@]1(NC(=O)[C@@H]1C[C@@H]2CN1C(=O)[C@H](C1CCCCC1)NC(=O)N1CC[C@@H](C1)OCCCCCc1cc3ccc(OC)cc3nc1O2)C(=O)NS(=O)(=O)C1CC1. The first-order chi connectivity index (χ1) is 28.0. The summed E-state index contributed by atoms with van der Waals surface area (Å²) in [7, 11) is -2.30. The van der Waals surface area contributed by atoms with Gasteiger partial charge in [-0.2, -0.15) is 0 Å². The minimum Gasteiger partial charge on any atom is -0.497 e. The molecule has 0 unspecified atom stereocenters. The van der Waals surface area contributed by atoms with Crippen molar-refractivity contribution in [2.75, 3.05) is 33.4 Å². The second-order valence-corrected chi connectivity index (χ2v) is 19.0. The molecule has 1 aromatic heterocycles.